The Kier molecular flexibility index (Phi) is 7.75. The van der Waals surface area contributed by atoms with Crippen molar-refractivity contribution in [1.82, 2.24) is 14.4 Å². The quantitative estimate of drug-likeness (QED) is 0.431. The molecule has 0 saturated carbocycles. The van der Waals surface area contributed by atoms with E-state index in [1.54, 1.807) is 21.6 Å². The molecule has 2 bridgehead atoms. The van der Waals surface area contributed by atoms with Crippen molar-refractivity contribution in [2.24, 2.45) is 5.73 Å². The normalized spacial score (nSPS) is 24.8. The van der Waals surface area contributed by atoms with E-state index in [-0.39, 0.29) is 48.3 Å². The van der Waals surface area contributed by atoms with Gasteiger partial charge in [0.05, 0.1) is 6.04 Å². The Labute approximate surface area is 251 Å². The van der Waals surface area contributed by atoms with Crippen LogP contribution in [0.4, 0.5) is 13.2 Å². The molecule has 0 radical (unpaired) electrons. The monoisotopic (exact) mass is 610 g/mol. The second-order valence-electron chi connectivity index (χ2n) is 11.8. The highest BCUT2D eigenvalue weighted by molar-refractivity contribution is 5.99. The van der Waals surface area contributed by atoms with Crippen LogP contribution in [0.1, 0.15) is 70.6 Å². The molecule has 2 fully saturated rings. The smallest absolute Gasteiger partial charge is 0.274 e. The topological polar surface area (TPSA) is 107 Å². The van der Waals surface area contributed by atoms with E-state index in [1.807, 2.05) is 30.0 Å². The van der Waals surface area contributed by atoms with Crippen LogP contribution < -0.4 is 15.9 Å². The van der Waals surface area contributed by atoms with Crippen molar-refractivity contribution in [3.8, 4) is 5.75 Å². The molecule has 1 aromatic heterocycles. The van der Waals surface area contributed by atoms with E-state index in [4.69, 9.17) is 15.2 Å². The van der Waals surface area contributed by atoms with Crippen LogP contribution in [-0.2, 0) is 17.9 Å². The van der Waals surface area contributed by atoms with Gasteiger partial charge >= 0.3 is 0 Å². The number of amides is 2. The minimum Gasteiger partial charge on any atom is -0.483 e. The Morgan fingerprint density at radius 2 is 1.75 bits per heavy atom. The van der Waals surface area contributed by atoms with Gasteiger partial charge in [0.2, 0.25) is 5.43 Å². The molecule has 0 aliphatic carbocycles. The number of methoxy groups -OCH3 is 1. The van der Waals surface area contributed by atoms with Gasteiger partial charge in [-0.1, -0.05) is 30.3 Å². The summed E-state index contributed by atoms with van der Waals surface area (Å²) in [5, 5.41) is 0. The average Bonchev–Trinajstić information content (AvgIpc) is 3.28. The van der Waals surface area contributed by atoms with Crippen molar-refractivity contribution in [1.29, 1.82) is 0 Å². The largest absolute Gasteiger partial charge is 0.483 e. The summed E-state index contributed by atoms with van der Waals surface area (Å²) in [5.41, 5.74) is 4.11. The lowest BCUT2D eigenvalue weighted by molar-refractivity contribution is -0.0737. The number of fused-ring (bicyclic) bond motifs is 5. The highest BCUT2D eigenvalue weighted by Gasteiger charge is 2.57. The van der Waals surface area contributed by atoms with Crippen molar-refractivity contribution >= 4 is 11.8 Å². The van der Waals surface area contributed by atoms with Crippen LogP contribution in [-0.4, -0.2) is 57.6 Å². The number of halogens is 3. The summed E-state index contributed by atoms with van der Waals surface area (Å²) >= 11 is 0. The van der Waals surface area contributed by atoms with Crippen LogP contribution >= 0.6 is 0 Å². The van der Waals surface area contributed by atoms with Gasteiger partial charge in [0.25, 0.3) is 11.8 Å². The van der Waals surface area contributed by atoms with Crippen LogP contribution in [0.15, 0.2) is 53.5 Å². The van der Waals surface area contributed by atoms with Crippen LogP contribution in [0.25, 0.3) is 0 Å². The van der Waals surface area contributed by atoms with Crippen molar-refractivity contribution in [3.63, 3.8) is 0 Å². The SMILES string of the molecule is CO[C@H]1CC[C@]2(CC[C@H](C)N3C[C@H]2n2cc(C(N)=O)c(=O)c(OCc4ccccc4)c2C3=O)N1Cc1c(F)cc(F)cc1F. The summed E-state index contributed by atoms with van der Waals surface area (Å²) in [4.78, 5) is 43.8. The number of nitrogens with two attached hydrogens (primary N) is 1. The first kappa shape index (κ1) is 29.9. The van der Waals surface area contributed by atoms with E-state index >= 15 is 0 Å². The highest BCUT2D eigenvalue weighted by Crippen LogP contribution is 2.51. The summed E-state index contributed by atoms with van der Waals surface area (Å²) in [6, 6.07) is 9.54. The molecule has 44 heavy (non-hydrogen) atoms. The molecule has 12 heteroatoms. The van der Waals surface area contributed by atoms with Gasteiger partial charge in [-0.2, -0.15) is 0 Å². The summed E-state index contributed by atoms with van der Waals surface area (Å²) in [7, 11) is 1.51. The third kappa shape index (κ3) is 4.86. The third-order valence-electron chi connectivity index (χ3n) is 9.45. The van der Waals surface area contributed by atoms with Crippen molar-refractivity contribution in [3.05, 3.63) is 98.7 Å². The molecule has 232 valence electrons. The van der Waals surface area contributed by atoms with Crippen molar-refractivity contribution in [2.75, 3.05) is 13.7 Å². The molecule has 4 heterocycles. The molecule has 0 unspecified atom stereocenters. The summed E-state index contributed by atoms with van der Waals surface area (Å²) in [6.07, 6.45) is 2.84. The minimum atomic E-state index is -1.02. The number of ether oxygens (including phenoxy) is 2. The number of nitrogens with zero attached hydrogens (tertiary/aromatic N) is 3. The highest BCUT2D eigenvalue weighted by atomic mass is 19.1. The molecule has 1 spiro atoms. The maximum atomic E-state index is 15.0. The number of aromatic nitrogens is 1. The fourth-order valence-electron chi connectivity index (χ4n) is 7.17. The van der Waals surface area contributed by atoms with E-state index < -0.39 is 52.5 Å². The number of hydrogen-bond donors (Lipinski definition) is 1. The van der Waals surface area contributed by atoms with Gasteiger partial charge in [0.1, 0.15) is 35.8 Å². The van der Waals surface area contributed by atoms with E-state index in [0.717, 1.165) is 5.56 Å². The van der Waals surface area contributed by atoms with Crippen LogP contribution in [0.2, 0.25) is 0 Å². The second kappa shape index (κ2) is 11.4. The Morgan fingerprint density at radius 3 is 2.41 bits per heavy atom. The zero-order chi connectivity index (χ0) is 31.3. The van der Waals surface area contributed by atoms with E-state index in [2.05, 4.69) is 0 Å². The Bertz CT molecular complexity index is 1660. The van der Waals surface area contributed by atoms with E-state index in [1.165, 1.54) is 13.3 Å². The van der Waals surface area contributed by atoms with Crippen LogP contribution in [0, 0.1) is 17.5 Å². The lowest BCUT2D eigenvalue weighted by atomic mass is 9.81. The molecule has 3 aliphatic heterocycles. The van der Waals surface area contributed by atoms with Gasteiger partial charge in [-0.05, 0) is 38.2 Å². The maximum Gasteiger partial charge on any atom is 0.274 e. The molecule has 3 aliphatic rings. The molecule has 9 nitrogen and oxygen atoms in total. The Morgan fingerprint density at radius 1 is 1.07 bits per heavy atom. The average molecular weight is 611 g/mol. The number of carbonyl (C=O) groups excluding carboxylic acids is 2. The van der Waals surface area contributed by atoms with Gasteiger partial charge in [-0.15, -0.1) is 0 Å². The Balaban J connectivity index is 1.53. The van der Waals surface area contributed by atoms with Gasteiger partial charge in [-0.3, -0.25) is 19.3 Å². The molecular weight excluding hydrogens is 577 g/mol. The molecule has 2 saturated heterocycles. The fraction of sp³-hybridized carbons (Fsp3) is 0.406. The lowest BCUT2D eigenvalue weighted by Gasteiger charge is -2.48. The van der Waals surface area contributed by atoms with Crippen LogP contribution in [0.3, 0.4) is 0 Å². The van der Waals surface area contributed by atoms with Crippen molar-refractivity contribution < 1.29 is 32.2 Å². The van der Waals surface area contributed by atoms with Gasteiger partial charge in [0.15, 0.2) is 11.4 Å². The fourth-order valence-corrected chi connectivity index (χ4v) is 7.17. The molecular formula is C32H33F3N4O5. The number of likely N-dealkylation sites (tertiary alicyclic amines) is 1. The minimum absolute atomic E-state index is 0.0136. The lowest BCUT2D eigenvalue weighted by Crippen LogP contribution is -2.57. The van der Waals surface area contributed by atoms with E-state index in [0.29, 0.717) is 37.8 Å². The number of rotatable bonds is 7. The molecule has 2 aromatic carbocycles. The molecule has 3 aromatic rings. The standard InChI is InChI=1S/C32H33F3N4O5/c1-18-8-10-32(11-9-26(43-2)39(32)15-21-23(34)12-20(33)13-24(21)35)25-16-37(18)31(42)27-29(44-17-19-6-4-3-5-7-19)28(40)22(30(36)41)14-38(25)27/h3-7,12-14,18,25-26H,8-11,15-17H2,1-2H3,(H2,36,41)/t18-,25+,26-,32-/m0/s1. The first-order valence-electron chi connectivity index (χ1n) is 14.5. The predicted molar refractivity (Wildman–Crippen MR) is 153 cm³/mol. The molecule has 2 amide bonds. The maximum absolute atomic E-state index is 15.0. The van der Waals surface area contributed by atoms with Crippen LogP contribution in [0.5, 0.6) is 5.75 Å². The Hall–Kier alpha value is -4.16. The van der Waals surface area contributed by atoms with Gasteiger partial charge < -0.3 is 24.7 Å². The third-order valence-corrected chi connectivity index (χ3v) is 9.45. The predicted octanol–water partition coefficient (Wildman–Crippen LogP) is 4.13. The number of pyridine rings is 1. The molecule has 2 N–H and O–H groups in total. The summed E-state index contributed by atoms with van der Waals surface area (Å²) in [5.74, 6) is -4.73. The van der Waals surface area contributed by atoms with E-state index in [9.17, 15) is 27.6 Å². The number of benzene rings is 2. The molecule has 6 rings (SSSR count). The van der Waals surface area contributed by atoms with Gasteiger partial charge in [-0.25, -0.2) is 13.2 Å². The zero-order valence-corrected chi connectivity index (χ0v) is 24.4. The zero-order valence-electron chi connectivity index (χ0n) is 24.4. The summed E-state index contributed by atoms with van der Waals surface area (Å²) in [6.45, 7) is 1.85. The number of primary amides is 1. The molecule has 4 atom stereocenters. The first-order valence-corrected chi connectivity index (χ1v) is 14.5. The second-order valence-corrected chi connectivity index (χ2v) is 11.8. The van der Waals surface area contributed by atoms with Crippen molar-refractivity contribution in [2.45, 2.75) is 69.6 Å². The summed E-state index contributed by atoms with van der Waals surface area (Å²) < 4.78 is 57.2. The first-order chi connectivity index (χ1) is 21.1. The van der Waals surface area contributed by atoms with Gasteiger partial charge in [0, 0.05) is 55.7 Å². The number of carbonyl (C=O) groups is 2. The number of hydrogen-bond acceptors (Lipinski definition) is 6.